The van der Waals surface area contributed by atoms with Crippen molar-refractivity contribution in [2.45, 2.75) is 32.5 Å². The van der Waals surface area contributed by atoms with Crippen LogP contribution in [-0.4, -0.2) is 16.9 Å². The van der Waals surface area contributed by atoms with E-state index in [1.165, 1.54) is 11.1 Å². The Balaban J connectivity index is 1.59. The second-order valence-corrected chi connectivity index (χ2v) is 6.04. The number of nitrogens with one attached hydrogen (secondary N) is 2. The van der Waals surface area contributed by atoms with E-state index >= 15 is 0 Å². The molecule has 2 N–H and O–H groups in total. The monoisotopic (exact) mass is 287 g/mol. The van der Waals surface area contributed by atoms with Gasteiger partial charge in [0.25, 0.3) is 0 Å². The first-order valence-electron chi connectivity index (χ1n) is 6.71. The fourth-order valence-electron chi connectivity index (χ4n) is 2.43. The first-order valence-corrected chi connectivity index (χ1v) is 7.59. The number of aryl methyl sites for hydroxylation is 1. The zero-order chi connectivity index (χ0) is 13.9. The zero-order valence-corrected chi connectivity index (χ0v) is 12.2. The van der Waals surface area contributed by atoms with Crippen LogP contribution < -0.4 is 10.6 Å². The minimum absolute atomic E-state index is 0.0464. The van der Waals surface area contributed by atoms with E-state index in [2.05, 4.69) is 27.8 Å². The SMILES string of the molecule is Cc1nc(CNC(=O)[C@@H]2Cc3ccccc3CN2)cs1. The lowest BCUT2D eigenvalue weighted by molar-refractivity contribution is -0.123. The Morgan fingerprint density at radius 2 is 2.25 bits per heavy atom. The molecule has 1 aliphatic heterocycles. The summed E-state index contributed by atoms with van der Waals surface area (Å²) in [6.07, 6.45) is 0.748. The normalized spacial score (nSPS) is 17.6. The van der Waals surface area contributed by atoms with Crippen LogP contribution in [0, 0.1) is 6.92 Å². The maximum atomic E-state index is 12.2. The molecular formula is C15H17N3OS. The van der Waals surface area contributed by atoms with E-state index in [1.807, 2.05) is 24.4 Å². The summed E-state index contributed by atoms with van der Waals surface area (Å²) in [6.45, 7) is 3.22. The zero-order valence-electron chi connectivity index (χ0n) is 11.3. The van der Waals surface area contributed by atoms with E-state index in [9.17, 15) is 4.79 Å². The van der Waals surface area contributed by atoms with Crippen LogP contribution in [0.3, 0.4) is 0 Å². The highest BCUT2D eigenvalue weighted by atomic mass is 32.1. The molecule has 1 aliphatic rings. The summed E-state index contributed by atoms with van der Waals surface area (Å²) in [5, 5.41) is 9.25. The van der Waals surface area contributed by atoms with E-state index in [-0.39, 0.29) is 11.9 Å². The average molecular weight is 287 g/mol. The molecule has 0 aliphatic carbocycles. The van der Waals surface area contributed by atoms with Gasteiger partial charge in [-0.2, -0.15) is 0 Å². The van der Waals surface area contributed by atoms with Crippen molar-refractivity contribution >= 4 is 17.2 Å². The van der Waals surface area contributed by atoms with Crippen molar-refractivity contribution < 1.29 is 4.79 Å². The van der Waals surface area contributed by atoms with Gasteiger partial charge in [0.1, 0.15) is 0 Å². The van der Waals surface area contributed by atoms with Crippen molar-refractivity contribution in [3.8, 4) is 0 Å². The second-order valence-electron chi connectivity index (χ2n) is 4.98. The number of carbonyl (C=O) groups excluding carboxylic acids is 1. The topological polar surface area (TPSA) is 54.0 Å². The molecule has 1 atom stereocenters. The lowest BCUT2D eigenvalue weighted by atomic mass is 9.95. The molecule has 0 fully saturated rings. The van der Waals surface area contributed by atoms with Crippen LogP contribution in [0.4, 0.5) is 0 Å². The van der Waals surface area contributed by atoms with Crippen LogP contribution in [0.1, 0.15) is 21.8 Å². The Morgan fingerprint density at radius 1 is 1.45 bits per heavy atom. The van der Waals surface area contributed by atoms with Gasteiger partial charge in [0.15, 0.2) is 0 Å². The van der Waals surface area contributed by atoms with Gasteiger partial charge in [0.05, 0.1) is 23.3 Å². The number of hydrogen-bond donors (Lipinski definition) is 2. The van der Waals surface area contributed by atoms with E-state index in [4.69, 9.17) is 0 Å². The third kappa shape index (κ3) is 2.89. The van der Waals surface area contributed by atoms with Crippen LogP contribution in [0.25, 0.3) is 0 Å². The first-order chi connectivity index (χ1) is 9.72. The summed E-state index contributed by atoms with van der Waals surface area (Å²) >= 11 is 1.60. The van der Waals surface area contributed by atoms with Gasteiger partial charge >= 0.3 is 0 Å². The van der Waals surface area contributed by atoms with Crippen molar-refractivity contribution in [3.05, 3.63) is 51.5 Å². The lowest BCUT2D eigenvalue weighted by Crippen LogP contribution is -2.47. The van der Waals surface area contributed by atoms with E-state index in [0.717, 1.165) is 23.7 Å². The maximum absolute atomic E-state index is 12.2. The Morgan fingerprint density at radius 3 is 3.00 bits per heavy atom. The van der Waals surface area contributed by atoms with Crippen LogP contribution in [0.2, 0.25) is 0 Å². The average Bonchev–Trinajstić information content (AvgIpc) is 2.90. The summed E-state index contributed by atoms with van der Waals surface area (Å²) in [4.78, 5) is 16.5. The van der Waals surface area contributed by atoms with Crippen molar-refractivity contribution in [3.63, 3.8) is 0 Å². The summed E-state index contributed by atoms with van der Waals surface area (Å²) < 4.78 is 0. The van der Waals surface area contributed by atoms with Crippen LogP contribution in [0.15, 0.2) is 29.6 Å². The number of fused-ring (bicyclic) bond motifs is 1. The Labute approximate surface area is 122 Å². The highest BCUT2D eigenvalue weighted by molar-refractivity contribution is 7.09. The molecular weight excluding hydrogens is 270 g/mol. The molecule has 0 saturated heterocycles. The van der Waals surface area contributed by atoms with Crippen molar-refractivity contribution in [2.75, 3.05) is 0 Å². The van der Waals surface area contributed by atoms with Gasteiger partial charge in [0.2, 0.25) is 5.91 Å². The molecule has 0 bridgehead atoms. The van der Waals surface area contributed by atoms with E-state index in [1.54, 1.807) is 11.3 Å². The predicted octanol–water partition coefficient (Wildman–Crippen LogP) is 1.78. The summed E-state index contributed by atoms with van der Waals surface area (Å²) in [7, 11) is 0. The van der Waals surface area contributed by atoms with Gasteiger partial charge in [-0.05, 0) is 24.5 Å². The number of aromatic nitrogens is 1. The van der Waals surface area contributed by atoms with Crippen molar-refractivity contribution in [1.82, 2.24) is 15.6 Å². The van der Waals surface area contributed by atoms with Crippen LogP contribution in [0.5, 0.6) is 0 Å². The number of rotatable bonds is 3. The summed E-state index contributed by atoms with van der Waals surface area (Å²) in [5.74, 6) is 0.0464. The van der Waals surface area contributed by atoms with Gasteiger partial charge in [-0.1, -0.05) is 24.3 Å². The first kappa shape index (κ1) is 13.3. The second kappa shape index (κ2) is 5.73. The maximum Gasteiger partial charge on any atom is 0.237 e. The highest BCUT2D eigenvalue weighted by Gasteiger charge is 2.23. The standard InChI is InChI=1S/C15H17N3OS/c1-10-18-13(9-20-10)8-17-15(19)14-6-11-4-2-3-5-12(11)7-16-14/h2-5,9,14,16H,6-8H2,1H3,(H,17,19)/t14-/m0/s1. The van der Waals surface area contributed by atoms with Crippen molar-refractivity contribution in [1.29, 1.82) is 0 Å². The lowest BCUT2D eigenvalue weighted by Gasteiger charge is -2.25. The largest absolute Gasteiger partial charge is 0.349 e. The molecule has 2 aromatic rings. The molecule has 104 valence electrons. The van der Waals surface area contributed by atoms with Gasteiger partial charge in [-0.3, -0.25) is 4.79 Å². The van der Waals surface area contributed by atoms with E-state index < -0.39 is 0 Å². The van der Waals surface area contributed by atoms with Crippen LogP contribution in [-0.2, 0) is 24.3 Å². The molecule has 0 spiro atoms. The van der Waals surface area contributed by atoms with Gasteiger partial charge < -0.3 is 10.6 Å². The third-order valence-electron chi connectivity index (χ3n) is 3.51. The Hall–Kier alpha value is -1.72. The molecule has 4 nitrogen and oxygen atoms in total. The smallest absolute Gasteiger partial charge is 0.237 e. The van der Waals surface area contributed by atoms with Crippen LogP contribution >= 0.6 is 11.3 Å². The molecule has 1 aromatic heterocycles. The number of benzene rings is 1. The molecule has 1 amide bonds. The van der Waals surface area contributed by atoms with Gasteiger partial charge in [-0.25, -0.2) is 4.98 Å². The minimum Gasteiger partial charge on any atom is -0.349 e. The number of amides is 1. The quantitative estimate of drug-likeness (QED) is 0.905. The van der Waals surface area contributed by atoms with Gasteiger partial charge in [0, 0.05) is 11.9 Å². The van der Waals surface area contributed by atoms with E-state index in [0.29, 0.717) is 6.54 Å². The van der Waals surface area contributed by atoms with Gasteiger partial charge in [-0.15, -0.1) is 11.3 Å². The molecule has 1 aromatic carbocycles. The fraction of sp³-hybridized carbons (Fsp3) is 0.333. The van der Waals surface area contributed by atoms with Crippen molar-refractivity contribution in [2.24, 2.45) is 0 Å². The number of hydrogen-bond acceptors (Lipinski definition) is 4. The number of nitrogens with zero attached hydrogens (tertiary/aromatic N) is 1. The summed E-state index contributed by atoms with van der Waals surface area (Å²) in [5.41, 5.74) is 3.47. The minimum atomic E-state index is -0.148. The molecule has 0 saturated carbocycles. The third-order valence-corrected chi connectivity index (χ3v) is 4.33. The molecule has 0 radical (unpaired) electrons. The molecule has 2 heterocycles. The fourth-order valence-corrected chi connectivity index (χ4v) is 3.04. The predicted molar refractivity (Wildman–Crippen MR) is 79.5 cm³/mol. The molecule has 3 rings (SSSR count). The Kier molecular flexibility index (Phi) is 3.80. The summed E-state index contributed by atoms with van der Waals surface area (Å²) in [6, 6.07) is 8.11. The molecule has 5 heteroatoms. The Bertz CT molecular complexity index is 623. The number of thiazole rings is 1. The highest BCUT2D eigenvalue weighted by Crippen LogP contribution is 2.16. The molecule has 0 unspecified atom stereocenters. The molecule has 20 heavy (non-hydrogen) atoms. The number of carbonyl (C=O) groups is 1.